The summed E-state index contributed by atoms with van der Waals surface area (Å²) in [6, 6.07) is 0. The number of hydrogen-bond acceptors (Lipinski definition) is 5. The second-order valence-electron chi connectivity index (χ2n) is 6.01. The van der Waals surface area contributed by atoms with E-state index in [1.54, 1.807) is 0 Å². The lowest BCUT2D eigenvalue weighted by molar-refractivity contribution is -0.140. The summed E-state index contributed by atoms with van der Waals surface area (Å²) in [5.74, 6) is -0.141. The standard InChI is InChI=1S/C19H34O5/c1-3-16(20)14-15-18(22)17(21)12-10-8-6-4-5-7-9-11-13-19(23)24-2/h8,10,14-18,20-22H,3-7,9,11-13H2,1-2H3/b10-8-,15-14-/t16-,17-,18-/m0/s1. The molecule has 0 saturated heterocycles. The van der Waals surface area contributed by atoms with Gasteiger partial charge in [-0.2, -0.15) is 0 Å². The Balaban J connectivity index is 3.60. The monoisotopic (exact) mass is 342 g/mol. The molecule has 0 saturated carbocycles. The van der Waals surface area contributed by atoms with Crippen LogP contribution >= 0.6 is 0 Å². The first-order valence-electron chi connectivity index (χ1n) is 8.95. The molecule has 0 radical (unpaired) electrons. The second kappa shape index (κ2) is 15.4. The van der Waals surface area contributed by atoms with Crippen molar-refractivity contribution in [3.8, 4) is 0 Å². The molecule has 0 heterocycles. The fourth-order valence-corrected chi connectivity index (χ4v) is 2.16. The summed E-state index contributed by atoms with van der Waals surface area (Å²) >= 11 is 0. The van der Waals surface area contributed by atoms with Crippen LogP contribution in [0.3, 0.4) is 0 Å². The molecule has 0 aromatic heterocycles. The third kappa shape index (κ3) is 13.3. The summed E-state index contributed by atoms with van der Waals surface area (Å²) in [5.41, 5.74) is 0. The van der Waals surface area contributed by atoms with Crippen LogP contribution in [0.4, 0.5) is 0 Å². The molecule has 5 nitrogen and oxygen atoms in total. The van der Waals surface area contributed by atoms with Crippen molar-refractivity contribution in [2.75, 3.05) is 7.11 Å². The van der Waals surface area contributed by atoms with Gasteiger partial charge in [0.25, 0.3) is 0 Å². The number of rotatable bonds is 14. The van der Waals surface area contributed by atoms with Gasteiger partial charge in [-0.05, 0) is 32.1 Å². The van der Waals surface area contributed by atoms with Crippen molar-refractivity contribution in [2.24, 2.45) is 0 Å². The molecule has 0 bridgehead atoms. The average Bonchev–Trinajstić information content (AvgIpc) is 2.60. The smallest absolute Gasteiger partial charge is 0.305 e. The van der Waals surface area contributed by atoms with E-state index in [1.807, 2.05) is 19.1 Å². The van der Waals surface area contributed by atoms with Gasteiger partial charge in [0, 0.05) is 6.42 Å². The molecule has 0 aromatic rings. The van der Waals surface area contributed by atoms with Gasteiger partial charge in [-0.25, -0.2) is 0 Å². The Morgan fingerprint density at radius 1 is 1.00 bits per heavy atom. The Kier molecular flexibility index (Phi) is 14.6. The lowest BCUT2D eigenvalue weighted by atomic mass is 10.1. The number of unbranched alkanes of at least 4 members (excludes halogenated alkanes) is 5. The maximum atomic E-state index is 10.9. The molecule has 0 aliphatic heterocycles. The van der Waals surface area contributed by atoms with Crippen molar-refractivity contribution >= 4 is 5.97 Å². The molecule has 0 spiro atoms. The highest BCUT2D eigenvalue weighted by Crippen LogP contribution is 2.09. The maximum Gasteiger partial charge on any atom is 0.305 e. The number of hydrogen-bond donors (Lipinski definition) is 3. The van der Waals surface area contributed by atoms with Crippen LogP contribution in [0, 0.1) is 0 Å². The number of allylic oxidation sites excluding steroid dienone is 1. The summed E-state index contributed by atoms with van der Waals surface area (Å²) < 4.78 is 4.59. The Morgan fingerprint density at radius 2 is 1.67 bits per heavy atom. The normalized spacial score (nSPS) is 15.7. The van der Waals surface area contributed by atoms with E-state index in [9.17, 15) is 20.1 Å². The van der Waals surface area contributed by atoms with Gasteiger partial charge in [0.1, 0.15) is 0 Å². The summed E-state index contributed by atoms with van der Waals surface area (Å²) in [7, 11) is 1.41. The van der Waals surface area contributed by atoms with Crippen LogP contribution in [0.2, 0.25) is 0 Å². The van der Waals surface area contributed by atoms with Gasteiger partial charge in [0.15, 0.2) is 0 Å². The van der Waals surface area contributed by atoms with E-state index in [0.717, 1.165) is 38.5 Å². The molecule has 0 aliphatic rings. The Hall–Kier alpha value is -1.17. The molecule has 140 valence electrons. The van der Waals surface area contributed by atoms with Crippen LogP contribution in [-0.2, 0) is 9.53 Å². The molecule has 0 aromatic carbocycles. The van der Waals surface area contributed by atoms with Crippen LogP contribution in [-0.4, -0.2) is 46.7 Å². The fraction of sp³-hybridized carbons (Fsp3) is 0.737. The van der Waals surface area contributed by atoms with E-state index in [-0.39, 0.29) is 5.97 Å². The summed E-state index contributed by atoms with van der Waals surface area (Å²) in [5, 5.41) is 28.9. The van der Waals surface area contributed by atoms with Gasteiger partial charge in [0.2, 0.25) is 0 Å². The Morgan fingerprint density at radius 3 is 2.33 bits per heavy atom. The minimum Gasteiger partial charge on any atom is -0.469 e. The van der Waals surface area contributed by atoms with E-state index < -0.39 is 18.3 Å². The molecule has 3 atom stereocenters. The van der Waals surface area contributed by atoms with Crippen molar-refractivity contribution in [1.82, 2.24) is 0 Å². The highest BCUT2D eigenvalue weighted by atomic mass is 16.5. The lowest BCUT2D eigenvalue weighted by Crippen LogP contribution is -2.23. The van der Waals surface area contributed by atoms with Crippen molar-refractivity contribution in [2.45, 2.75) is 83.0 Å². The number of esters is 1. The summed E-state index contributed by atoms with van der Waals surface area (Å²) in [6.45, 7) is 1.85. The molecular weight excluding hydrogens is 308 g/mol. The van der Waals surface area contributed by atoms with Gasteiger partial charge >= 0.3 is 5.97 Å². The van der Waals surface area contributed by atoms with E-state index in [4.69, 9.17) is 0 Å². The zero-order valence-corrected chi connectivity index (χ0v) is 15.1. The van der Waals surface area contributed by atoms with Crippen LogP contribution < -0.4 is 0 Å². The summed E-state index contributed by atoms with van der Waals surface area (Å²) in [6.07, 6.45) is 12.1. The molecule has 0 amide bonds. The zero-order chi connectivity index (χ0) is 18.2. The number of aliphatic hydroxyl groups is 3. The predicted molar refractivity (Wildman–Crippen MR) is 95.5 cm³/mol. The highest BCUT2D eigenvalue weighted by Gasteiger charge is 2.11. The number of ether oxygens (including phenoxy) is 1. The molecular formula is C19H34O5. The van der Waals surface area contributed by atoms with E-state index in [2.05, 4.69) is 4.74 Å². The molecule has 5 heteroatoms. The van der Waals surface area contributed by atoms with Crippen molar-refractivity contribution < 1.29 is 24.9 Å². The molecule has 24 heavy (non-hydrogen) atoms. The maximum absolute atomic E-state index is 10.9. The number of carbonyl (C=O) groups is 1. The van der Waals surface area contributed by atoms with Crippen molar-refractivity contribution in [1.29, 1.82) is 0 Å². The fourth-order valence-electron chi connectivity index (χ4n) is 2.16. The minimum atomic E-state index is -0.953. The third-order valence-corrected chi connectivity index (χ3v) is 3.87. The molecule has 0 unspecified atom stereocenters. The van der Waals surface area contributed by atoms with E-state index in [1.165, 1.54) is 19.3 Å². The third-order valence-electron chi connectivity index (χ3n) is 3.87. The van der Waals surface area contributed by atoms with Crippen LogP contribution in [0.5, 0.6) is 0 Å². The molecule has 0 fully saturated rings. The van der Waals surface area contributed by atoms with Gasteiger partial charge in [-0.15, -0.1) is 0 Å². The SMILES string of the molecule is CC[C@H](O)/C=C\[C@H](O)[C@@H](O)C/C=C\CCCCCCCC(=O)OC. The van der Waals surface area contributed by atoms with Crippen LogP contribution in [0.25, 0.3) is 0 Å². The average molecular weight is 342 g/mol. The highest BCUT2D eigenvalue weighted by molar-refractivity contribution is 5.68. The van der Waals surface area contributed by atoms with Crippen LogP contribution in [0.1, 0.15) is 64.7 Å². The van der Waals surface area contributed by atoms with Gasteiger partial charge in [-0.3, -0.25) is 4.79 Å². The second-order valence-corrected chi connectivity index (χ2v) is 6.01. The lowest BCUT2D eigenvalue weighted by Gasteiger charge is -2.12. The number of methoxy groups -OCH3 is 1. The predicted octanol–water partition coefficient (Wildman–Crippen LogP) is 2.89. The van der Waals surface area contributed by atoms with Crippen LogP contribution in [0.15, 0.2) is 24.3 Å². The first-order chi connectivity index (χ1) is 11.5. The van der Waals surface area contributed by atoms with E-state index >= 15 is 0 Å². The number of carbonyl (C=O) groups excluding carboxylic acids is 1. The Bertz CT molecular complexity index is 365. The quantitative estimate of drug-likeness (QED) is 0.257. The topological polar surface area (TPSA) is 87.0 Å². The molecule has 0 aliphatic carbocycles. The number of aliphatic hydroxyl groups excluding tert-OH is 3. The first kappa shape index (κ1) is 22.8. The van der Waals surface area contributed by atoms with Crippen molar-refractivity contribution in [3.63, 3.8) is 0 Å². The summed E-state index contributed by atoms with van der Waals surface area (Å²) in [4.78, 5) is 10.9. The largest absolute Gasteiger partial charge is 0.469 e. The van der Waals surface area contributed by atoms with Gasteiger partial charge in [0.05, 0.1) is 25.4 Å². The van der Waals surface area contributed by atoms with Gasteiger partial charge < -0.3 is 20.1 Å². The first-order valence-corrected chi connectivity index (χ1v) is 8.95. The van der Waals surface area contributed by atoms with E-state index in [0.29, 0.717) is 19.3 Å². The minimum absolute atomic E-state index is 0.141. The molecule has 3 N–H and O–H groups in total. The van der Waals surface area contributed by atoms with Crippen molar-refractivity contribution in [3.05, 3.63) is 24.3 Å². The Labute approximate surface area is 146 Å². The van der Waals surface area contributed by atoms with Gasteiger partial charge in [-0.1, -0.05) is 50.5 Å². The zero-order valence-electron chi connectivity index (χ0n) is 15.1. The molecule has 0 rings (SSSR count).